The summed E-state index contributed by atoms with van der Waals surface area (Å²) in [6.45, 7) is 1.59. The van der Waals surface area contributed by atoms with Crippen LogP contribution in [0, 0.1) is 11.6 Å². The Morgan fingerprint density at radius 3 is 2.84 bits per heavy atom. The number of rotatable bonds is 4. The van der Waals surface area contributed by atoms with Crippen molar-refractivity contribution in [3.05, 3.63) is 65.2 Å². The molecule has 5 nitrogen and oxygen atoms in total. The molecule has 1 amide bonds. The maximum absolute atomic E-state index is 13.8. The lowest BCUT2D eigenvalue weighted by molar-refractivity contribution is -0.125. The molecule has 0 aromatic heterocycles. The molecule has 7 heteroatoms. The summed E-state index contributed by atoms with van der Waals surface area (Å²) in [5.74, 6) is -1.72. The second kappa shape index (κ2) is 6.98. The third-order valence-corrected chi connectivity index (χ3v) is 3.87. The largest absolute Gasteiger partial charge is 0.389 e. The van der Waals surface area contributed by atoms with E-state index in [4.69, 9.17) is 4.84 Å². The first-order chi connectivity index (χ1) is 12.0. The normalized spacial score (nSPS) is 17.6. The predicted octanol–water partition coefficient (Wildman–Crippen LogP) is 3.15. The zero-order valence-electron chi connectivity index (χ0n) is 13.4. The van der Waals surface area contributed by atoms with E-state index in [-0.39, 0.29) is 17.7 Å². The van der Waals surface area contributed by atoms with E-state index in [1.54, 1.807) is 31.2 Å². The number of aliphatic hydroxyl groups is 1. The Bertz CT molecular complexity index is 837. The number of carbonyl (C=O) groups excluding carboxylic acids is 1. The van der Waals surface area contributed by atoms with Gasteiger partial charge in [0.2, 0.25) is 6.10 Å². The van der Waals surface area contributed by atoms with Crippen LogP contribution in [-0.2, 0) is 9.63 Å². The monoisotopic (exact) mass is 346 g/mol. The molecular formula is C18H16F2N2O3. The van der Waals surface area contributed by atoms with Crippen molar-refractivity contribution in [3.63, 3.8) is 0 Å². The van der Waals surface area contributed by atoms with Gasteiger partial charge in [0.25, 0.3) is 5.91 Å². The number of nitrogens with one attached hydrogen (secondary N) is 1. The minimum Gasteiger partial charge on any atom is -0.389 e. The van der Waals surface area contributed by atoms with E-state index in [0.717, 1.165) is 18.2 Å². The summed E-state index contributed by atoms with van der Waals surface area (Å²) in [5, 5.41) is 16.1. The molecule has 0 radical (unpaired) electrons. The lowest BCUT2D eigenvalue weighted by Crippen LogP contribution is -2.28. The Hall–Kier alpha value is -2.80. The molecule has 2 atom stereocenters. The molecule has 0 fully saturated rings. The van der Waals surface area contributed by atoms with Crippen LogP contribution >= 0.6 is 0 Å². The Balaban J connectivity index is 1.71. The summed E-state index contributed by atoms with van der Waals surface area (Å²) in [4.78, 5) is 17.4. The van der Waals surface area contributed by atoms with E-state index in [2.05, 4.69) is 10.5 Å². The summed E-state index contributed by atoms with van der Waals surface area (Å²) < 4.78 is 27.1. The van der Waals surface area contributed by atoms with Crippen molar-refractivity contribution in [1.82, 2.24) is 0 Å². The number of halogens is 2. The van der Waals surface area contributed by atoms with Crippen LogP contribution in [0.5, 0.6) is 0 Å². The number of oxime groups is 1. The van der Waals surface area contributed by atoms with Gasteiger partial charge in [0.05, 0.1) is 11.8 Å². The molecule has 1 aliphatic rings. The summed E-state index contributed by atoms with van der Waals surface area (Å²) in [7, 11) is 0. The van der Waals surface area contributed by atoms with Crippen molar-refractivity contribution in [2.45, 2.75) is 25.6 Å². The van der Waals surface area contributed by atoms with E-state index < -0.39 is 29.7 Å². The SMILES string of the molecule is CC(O)c1ccccc1NC(=O)C1CC(c2cc(F)ccc2F)=NO1. The van der Waals surface area contributed by atoms with Crippen LogP contribution in [0.2, 0.25) is 0 Å². The van der Waals surface area contributed by atoms with Gasteiger partial charge in [0.1, 0.15) is 11.6 Å². The maximum atomic E-state index is 13.8. The number of aliphatic hydroxyl groups excluding tert-OH is 1. The van der Waals surface area contributed by atoms with Crippen LogP contribution < -0.4 is 5.32 Å². The highest BCUT2D eigenvalue weighted by Crippen LogP contribution is 2.25. The van der Waals surface area contributed by atoms with Gasteiger partial charge >= 0.3 is 0 Å². The highest BCUT2D eigenvalue weighted by atomic mass is 19.1. The van der Waals surface area contributed by atoms with Gasteiger partial charge in [-0.1, -0.05) is 23.4 Å². The molecule has 0 saturated carbocycles. The first-order valence-corrected chi connectivity index (χ1v) is 7.71. The quantitative estimate of drug-likeness (QED) is 0.893. The summed E-state index contributed by atoms with van der Waals surface area (Å²) >= 11 is 0. The van der Waals surface area contributed by atoms with Crippen molar-refractivity contribution in [2.75, 3.05) is 5.32 Å². The summed E-state index contributed by atoms with van der Waals surface area (Å²) in [5.41, 5.74) is 1.16. The molecule has 3 rings (SSSR count). The highest BCUT2D eigenvalue weighted by Gasteiger charge is 2.30. The molecular weight excluding hydrogens is 330 g/mol. The number of amides is 1. The zero-order valence-corrected chi connectivity index (χ0v) is 13.4. The fourth-order valence-electron chi connectivity index (χ4n) is 2.58. The van der Waals surface area contributed by atoms with Gasteiger partial charge in [-0.15, -0.1) is 0 Å². The van der Waals surface area contributed by atoms with Crippen LogP contribution in [0.1, 0.15) is 30.6 Å². The van der Waals surface area contributed by atoms with Gasteiger partial charge in [0, 0.05) is 23.2 Å². The molecule has 1 aliphatic heterocycles. The van der Waals surface area contributed by atoms with Crippen molar-refractivity contribution >= 4 is 17.3 Å². The fraction of sp³-hybridized carbons (Fsp3) is 0.222. The number of nitrogens with zero attached hydrogens (tertiary/aromatic N) is 1. The summed E-state index contributed by atoms with van der Waals surface area (Å²) in [6.07, 6.45) is -1.70. The minimum absolute atomic E-state index is 0.0169. The first-order valence-electron chi connectivity index (χ1n) is 7.71. The number of para-hydroxylation sites is 1. The average molecular weight is 346 g/mol. The van der Waals surface area contributed by atoms with Crippen LogP contribution in [0.25, 0.3) is 0 Å². The molecule has 2 aromatic carbocycles. The second-order valence-electron chi connectivity index (χ2n) is 5.71. The number of hydrogen-bond donors (Lipinski definition) is 2. The third kappa shape index (κ3) is 3.66. The topological polar surface area (TPSA) is 70.9 Å². The van der Waals surface area contributed by atoms with Gasteiger partial charge in [-0.05, 0) is 31.2 Å². The van der Waals surface area contributed by atoms with Crippen LogP contribution in [0.4, 0.5) is 14.5 Å². The Morgan fingerprint density at radius 2 is 2.08 bits per heavy atom. The van der Waals surface area contributed by atoms with Gasteiger partial charge in [-0.3, -0.25) is 4.79 Å². The van der Waals surface area contributed by atoms with Gasteiger partial charge in [-0.2, -0.15) is 0 Å². The molecule has 2 N–H and O–H groups in total. The Morgan fingerprint density at radius 1 is 1.32 bits per heavy atom. The number of anilines is 1. The van der Waals surface area contributed by atoms with E-state index >= 15 is 0 Å². The smallest absolute Gasteiger partial charge is 0.268 e. The molecule has 0 bridgehead atoms. The molecule has 2 unspecified atom stereocenters. The van der Waals surface area contributed by atoms with E-state index in [1.165, 1.54) is 0 Å². The maximum Gasteiger partial charge on any atom is 0.268 e. The lowest BCUT2D eigenvalue weighted by atomic mass is 10.0. The summed E-state index contributed by atoms with van der Waals surface area (Å²) in [6, 6.07) is 9.84. The van der Waals surface area contributed by atoms with Crippen LogP contribution in [0.15, 0.2) is 47.6 Å². The van der Waals surface area contributed by atoms with Gasteiger partial charge in [-0.25, -0.2) is 8.78 Å². The number of carbonyl (C=O) groups is 1. The van der Waals surface area contributed by atoms with Gasteiger partial charge in [0.15, 0.2) is 0 Å². The average Bonchev–Trinajstić information content (AvgIpc) is 3.07. The van der Waals surface area contributed by atoms with E-state index in [1.807, 2.05) is 0 Å². The van der Waals surface area contributed by atoms with E-state index in [0.29, 0.717) is 11.3 Å². The van der Waals surface area contributed by atoms with Crippen molar-refractivity contribution in [2.24, 2.45) is 5.16 Å². The van der Waals surface area contributed by atoms with Gasteiger partial charge < -0.3 is 15.3 Å². The van der Waals surface area contributed by atoms with Crippen molar-refractivity contribution in [3.8, 4) is 0 Å². The van der Waals surface area contributed by atoms with Crippen LogP contribution in [-0.4, -0.2) is 22.8 Å². The minimum atomic E-state index is -0.959. The Kier molecular flexibility index (Phi) is 4.76. The molecule has 0 saturated heterocycles. The third-order valence-electron chi connectivity index (χ3n) is 3.87. The Labute approximate surface area is 142 Å². The molecule has 2 aromatic rings. The number of hydrogen-bond acceptors (Lipinski definition) is 4. The second-order valence-corrected chi connectivity index (χ2v) is 5.71. The zero-order chi connectivity index (χ0) is 18.0. The fourth-order valence-corrected chi connectivity index (χ4v) is 2.58. The first kappa shape index (κ1) is 17.0. The highest BCUT2D eigenvalue weighted by molar-refractivity contribution is 6.06. The van der Waals surface area contributed by atoms with Crippen molar-refractivity contribution in [1.29, 1.82) is 0 Å². The van der Waals surface area contributed by atoms with Crippen molar-refractivity contribution < 1.29 is 23.5 Å². The van der Waals surface area contributed by atoms with E-state index in [9.17, 15) is 18.7 Å². The molecule has 0 aliphatic carbocycles. The van der Waals surface area contributed by atoms with Crippen LogP contribution in [0.3, 0.4) is 0 Å². The standard InChI is InChI=1S/C18H16F2N2O3/c1-10(23)12-4-2-3-5-15(12)21-18(24)17-9-16(22-25-17)13-8-11(19)6-7-14(13)20/h2-8,10,17,23H,9H2,1H3,(H,21,24). The molecule has 25 heavy (non-hydrogen) atoms. The molecule has 0 spiro atoms. The molecule has 130 valence electrons. The predicted molar refractivity (Wildman–Crippen MR) is 88.1 cm³/mol. The lowest BCUT2D eigenvalue weighted by Gasteiger charge is -2.14. The number of benzene rings is 2. The molecule has 1 heterocycles.